The molecular formula is C20H20ClNO9. The number of hydrogen-bond donors (Lipinski definition) is 0. The molecule has 2 amide bonds. The number of imide groups is 1. The fraction of sp³-hybridized carbons (Fsp3) is 0.450. The van der Waals surface area contributed by atoms with Crippen molar-refractivity contribution >= 4 is 41.3 Å². The summed E-state index contributed by atoms with van der Waals surface area (Å²) in [4.78, 5) is 61.6. The molecule has 1 saturated heterocycles. The maximum absolute atomic E-state index is 13.0. The SMILES string of the molecule is CC(=O)OCC1OC(Cl)C(N2C(=O)c3ccccc3C2=O)C(OC(C)=O)C1OC(C)=O. The molecule has 0 spiro atoms. The maximum atomic E-state index is 13.0. The van der Waals surface area contributed by atoms with Gasteiger partial charge in [-0.05, 0) is 12.1 Å². The molecule has 2 aliphatic rings. The second kappa shape index (κ2) is 9.03. The van der Waals surface area contributed by atoms with Crippen molar-refractivity contribution in [1.82, 2.24) is 4.90 Å². The Morgan fingerprint density at radius 1 is 0.935 bits per heavy atom. The molecule has 0 aliphatic carbocycles. The minimum atomic E-state index is -1.36. The van der Waals surface area contributed by atoms with Gasteiger partial charge >= 0.3 is 17.9 Å². The number of benzene rings is 1. The quantitative estimate of drug-likeness (QED) is 0.278. The molecule has 2 heterocycles. The van der Waals surface area contributed by atoms with E-state index in [1.54, 1.807) is 12.1 Å². The summed E-state index contributed by atoms with van der Waals surface area (Å²) in [7, 11) is 0. The molecule has 5 atom stereocenters. The summed E-state index contributed by atoms with van der Waals surface area (Å²) in [5, 5.41) is 0. The van der Waals surface area contributed by atoms with Crippen molar-refractivity contribution in [2.75, 3.05) is 6.61 Å². The van der Waals surface area contributed by atoms with Gasteiger partial charge < -0.3 is 18.9 Å². The van der Waals surface area contributed by atoms with Crippen LogP contribution in [0.3, 0.4) is 0 Å². The van der Waals surface area contributed by atoms with Gasteiger partial charge in [0.15, 0.2) is 17.8 Å². The first-order chi connectivity index (χ1) is 14.6. The number of alkyl halides is 1. The minimum Gasteiger partial charge on any atom is -0.463 e. The zero-order chi connectivity index (χ0) is 22.9. The monoisotopic (exact) mass is 453 g/mol. The van der Waals surface area contributed by atoms with Crippen LogP contribution >= 0.6 is 11.6 Å². The Kier molecular flexibility index (Phi) is 6.61. The summed E-state index contributed by atoms with van der Waals surface area (Å²) in [6.45, 7) is 3.05. The summed E-state index contributed by atoms with van der Waals surface area (Å²) >= 11 is 6.39. The first-order valence-electron chi connectivity index (χ1n) is 9.36. The van der Waals surface area contributed by atoms with E-state index in [1.807, 2.05) is 0 Å². The lowest BCUT2D eigenvalue weighted by Gasteiger charge is -2.45. The van der Waals surface area contributed by atoms with Crippen LogP contribution in [0.1, 0.15) is 41.5 Å². The Morgan fingerprint density at radius 3 is 1.94 bits per heavy atom. The van der Waals surface area contributed by atoms with Crippen LogP contribution in [0.2, 0.25) is 0 Å². The van der Waals surface area contributed by atoms with Gasteiger partial charge in [0.25, 0.3) is 11.8 Å². The van der Waals surface area contributed by atoms with Gasteiger partial charge in [0.2, 0.25) is 0 Å². The van der Waals surface area contributed by atoms with Crippen molar-refractivity contribution in [3.05, 3.63) is 35.4 Å². The van der Waals surface area contributed by atoms with Crippen molar-refractivity contribution < 1.29 is 42.9 Å². The lowest BCUT2D eigenvalue weighted by atomic mass is 9.96. The van der Waals surface area contributed by atoms with Crippen molar-refractivity contribution in [3.8, 4) is 0 Å². The highest BCUT2D eigenvalue weighted by Gasteiger charge is 2.56. The van der Waals surface area contributed by atoms with Crippen LogP contribution < -0.4 is 0 Å². The van der Waals surface area contributed by atoms with E-state index in [4.69, 9.17) is 30.5 Å². The number of amides is 2. The molecule has 10 nitrogen and oxygen atoms in total. The molecule has 0 saturated carbocycles. The van der Waals surface area contributed by atoms with Crippen molar-refractivity contribution in [3.63, 3.8) is 0 Å². The Hall–Kier alpha value is -2.98. The minimum absolute atomic E-state index is 0.156. The fourth-order valence-corrected chi connectivity index (χ4v) is 4.01. The van der Waals surface area contributed by atoms with Gasteiger partial charge in [0.05, 0.1) is 11.1 Å². The molecule has 0 aromatic heterocycles. The van der Waals surface area contributed by atoms with E-state index >= 15 is 0 Å². The average Bonchev–Trinajstić information content (AvgIpc) is 2.93. The van der Waals surface area contributed by atoms with E-state index in [0.29, 0.717) is 0 Å². The highest BCUT2D eigenvalue weighted by Crippen LogP contribution is 2.36. The van der Waals surface area contributed by atoms with E-state index in [1.165, 1.54) is 19.1 Å². The number of carbonyl (C=O) groups is 5. The molecule has 1 aromatic carbocycles. The first-order valence-corrected chi connectivity index (χ1v) is 9.79. The van der Waals surface area contributed by atoms with E-state index in [0.717, 1.165) is 18.7 Å². The highest BCUT2D eigenvalue weighted by atomic mass is 35.5. The largest absolute Gasteiger partial charge is 0.463 e. The summed E-state index contributed by atoms with van der Waals surface area (Å²) in [6, 6.07) is 4.86. The number of hydrogen-bond acceptors (Lipinski definition) is 9. The average molecular weight is 454 g/mol. The van der Waals surface area contributed by atoms with Crippen LogP contribution in [0.5, 0.6) is 0 Å². The third-order valence-corrected chi connectivity index (χ3v) is 5.14. The second-order valence-corrected chi connectivity index (χ2v) is 7.42. The molecule has 0 radical (unpaired) electrons. The molecular weight excluding hydrogens is 434 g/mol. The predicted molar refractivity (Wildman–Crippen MR) is 103 cm³/mol. The third-order valence-electron chi connectivity index (χ3n) is 4.78. The number of rotatable bonds is 5. The molecule has 166 valence electrons. The van der Waals surface area contributed by atoms with Crippen molar-refractivity contribution in [1.29, 1.82) is 0 Å². The topological polar surface area (TPSA) is 126 Å². The zero-order valence-electron chi connectivity index (χ0n) is 16.9. The highest BCUT2D eigenvalue weighted by molar-refractivity contribution is 6.24. The van der Waals surface area contributed by atoms with E-state index < -0.39 is 59.6 Å². The third kappa shape index (κ3) is 4.54. The van der Waals surface area contributed by atoms with E-state index in [9.17, 15) is 24.0 Å². The Balaban J connectivity index is 2.01. The molecule has 3 rings (SSSR count). The molecule has 31 heavy (non-hydrogen) atoms. The van der Waals surface area contributed by atoms with E-state index in [2.05, 4.69) is 0 Å². The van der Waals surface area contributed by atoms with Gasteiger partial charge in [-0.3, -0.25) is 28.9 Å². The molecule has 2 aliphatic heterocycles. The summed E-state index contributed by atoms with van der Waals surface area (Å²) in [6.07, 6.45) is -3.77. The van der Waals surface area contributed by atoms with Crippen molar-refractivity contribution in [2.24, 2.45) is 0 Å². The van der Waals surface area contributed by atoms with E-state index in [-0.39, 0.29) is 17.7 Å². The van der Waals surface area contributed by atoms with Crippen LogP contribution in [0.4, 0.5) is 0 Å². The number of nitrogens with zero attached hydrogens (tertiary/aromatic N) is 1. The van der Waals surface area contributed by atoms with Crippen LogP contribution in [0.25, 0.3) is 0 Å². The summed E-state index contributed by atoms with van der Waals surface area (Å²) in [5.74, 6) is -3.44. The summed E-state index contributed by atoms with van der Waals surface area (Å²) < 4.78 is 21.3. The van der Waals surface area contributed by atoms with Gasteiger partial charge in [-0.15, -0.1) is 0 Å². The Labute approximate surface area is 182 Å². The summed E-state index contributed by atoms with van der Waals surface area (Å²) in [5.41, 5.74) is -1.04. The molecule has 0 bridgehead atoms. The number of esters is 3. The Morgan fingerprint density at radius 2 is 1.45 bits per heavy atom. The Bertz CT molecular complexity index is 898. The normalized spacial score (nSPS) is 27.5. The van der Waals surface area contributed by atoms with Gasteiger partial charge in [-0.25, -0.2) is 0 Å². The van der Waals surface area contributed by atoms with Gasteiger partial charge in [0.1, 0.15) is 18.8 Å². The standard InChI is InChI=1S/C20H20ClNO9/c1-9(23)28-8-14-16(29-10(2)24)17(30-11(3)25)15(18(21)31-14)22-19(26)12-6-4-5-7-13(12)20(22)27/h4-7,14-18H,8H2,1-3H3. The van der Waals surface area contributed by atoms with Gasteiger partial charge in [-0.2, -0.15) is 0 Å². The zero-order valence-corrected chi connectivity index (χ0v) is 17.7. The first kappa shape index (κ1) is 22.7. The maximum Gasteiger partial charge on any atom is 0.303 e. The van der Waals surface area contributed by atoms with Crippen LogP contribution in [0.15, 0.2) is 24.3 Å². The molecule has 1 aromatic rings. The predicted octanol–water partition coefficient (Wildman–Crippen LogP) is 1.04. The van der Waals surface area contributed by atoms with Crippen LogP contribution in [0, 0.1) is 0 Å². The van der Waals surface area contributed by atoms with Gasteiger partial charge in [-0.1, -0.05) is 23.7 Å². The van der Waals surface area contributed by atoms with Gasteiger partial charge in [0, 0.05) is 20.8 Å². The number of halogens is 1. The number of ether oxygens (including phenoxy) is 4. The molecule has 11 heteroatoms. The smallest absolute Gasteiger partial charge is 0.303 e. The number of fused-ring (bicyclic) bond motifs is 1. The van der Waals surface area contributed by atoms with Crippen LogP contribution in [-0.2, 0) is 33.3 Å². The molecule has 5 unspecified atom stereocenters. The van der Waals surface area contributed by atoms with Crippen molar-refractivity contribution in [2.45, 2.75) is 50.7 Å². The van der Waals surface area contributed by atoms with Crippen LogP contribution in [-0.4, -0.2) is 71.1 Å². The fourth-order valence-electron chi connectivity index (χ4n) is 3.62. The lowest BCUT2D eigenvalue weighted by molar-refractivity contribution is -0.218. The lowest BCUT2D eigenvalue weighted by Crippen LogP contribution is -2.65. The molecule has 1 fully saturated rings. The molecule has 0 N–H and O–H groups in total. The number of carbonyl (C=O) groups excluding carboxylic acids is 5. The second-order valence-electron chi connectivity index (χ2n) is 6.99.